The van der Waals surface area contributed by atoms with Crippen molar-refractivity contribution in [3.8, 4) is 28.4 Å². The predicted molar refractivity (Wildman–Crippen MR) is 114 cm³/mol. The summed E-state index contributed by atoms with van der Waals surface area (Å²) in [7, 11) is 0. The Labute approximate surface area is 173 Å². The van der Waals surface area contributed by atoms with E-state index in [1.807, 2.05) is 36.4 Å². The van der Waals surface area contributed by atoms with Gasteiger partial charge in [-0.3, -0.25) is 0 Å². The lowest BCUT2D eigenvalue weighted by molar-refractivity contribution is 0.0549. The van der Waals surface area contributed by atoms with Crippen LogP contribution in [0.3, 0.4) is 0 Å². The number of benzene rings is 2. The van der Waals surface area contributed by atoms with Gasteiger partial charge < -0.3 is 14.8 Å². The molecule has 2 aromatic heterocycles. The number of hydrogen-bond donors (Lipinski definition) is 2. The second-order valence-corrected chi connectivity index (χ2v) is 7.74. The van der Waals surface area contributed by atoms with Crippen LogP contribution in [0.2, 0.25) is 5.02 Å². The molecule has 1 aliphatic carbocycles. The van der Waals surface area contributed by atoms with Gasteiger partial charge in [0.25, 0.3) is 6.01 Å². The Bertz CT molecular complexity index is 1140. The highest BCUT2D eigenvalue weighted by Gasteiger charge is 2.28. The van der Waals surface area contributed by atoms with Crippen LogP contribution in [0.1, 0.15) is 19.3 Å². The lowest BCUT2D eigenvalue weighted by atomic mass is 10.0. The maximum Gasteiger partial charge on any atom is 0.296 e. The van der Waals surface area contributed by atoms with E-state index in [2.05, 4.69) is 39.2 Å². The molecule has 0 radical (unpaired) electrons. The number of hydrogen-bond acceptors (Lipinski definition) is 4. The van der Waals surface area contributed by atoms with E-state index in [9.17, 15) is 5.11 Å². The van der Waals surface area contributed by atoms with E-state index in [1.165, 1.54) is 0 Å². The quantitative estimate of drug-likeness (QED) is 0.487. The summed E-state index contributed by atoms with van der Waals surface area (Å²) < 4.78 is 5.82. The Morgan fingerprint density at radius 1 is 0.931 bits per heavy atom. The fraction of sp³-hybridized carbons (Fsp3) is 0.217. The summed E-state index contributed by atoms with van der Waals surface area (Å²) in [5.74, 6) is 0. The molecule has 6 heteroatoms. The van der Waals surface area contributed by atoms with Gasteiger partial charge in [0, 0.05) is 5.56 Å². The van der Waals surface area contributed by atoms with Crippen LogP contribution in [0.5, 0.6) is 6.01 Å². The standard InChI is InChI=1S/C23H20ClN3O2/c24-17-13-18-22(27-23(25-18)29-20-8-4-7-19(20)28)26-21(17)16-11-9-15(10-12-16)14-5-2-1-3-6-14/h1-3,5-6,9-13,19-20,28H,4,7-8H2,(H,25,26,27)/t19-,20-/m0/s1. The summed E-state index contributed by atoms with van der Waals surface area (Å²) in [6, 6.07) is 20.6. The third kappa shape index (κ3) is 3.59. The number of aliphatic hydroxyl groups excluding tert-OH is 1. The first kappa shape index (κ1) is 18.2. The average molecular weight is 406 g/mol. The fourth-order valence-electron chi connectivity index (χ4n) is 3.79. The zero-order chi connectivity index (χ0) is 19.8. The van der Waals surface area contributed by atoms with Gasteiger partial charge in [-0.2, -0.15) is 4.98 Å². The number of pyridine rings is 1. The summed E-state index contributed by atoms with van der Waals surface area (Å²) in [5, 5.41) is 10.5. The Morgan fingerprint density at radius 3 is 2.38 bits per heavy atom. The molecule has 0 unspecified atom stereocenters. The lowest BCUT2D eigenvalue weighted by Crippen LogP contribution is -2.26. The number of aromatic nitrogens is 3. The number of imidazole rings is 1. The van der Waals surface area contributed by atoms with Crippen LogP contribution in [0.15, 0.2) is 60.7 Å². The van der Waals surface area contributed by atoms with Gasteiger partial charge in [-0.15, -0.1) is 0 Å². The van der Waals surface area contributed by atoms with Crippen LogP contribution in [0, 0.1) is 0 Å². The van der Waals surface area contributed by atoms with E-state index >= 15 is 0 Å². The van der Waals surface area contributed by atoms with Crippen molar-refractivity contribution >= 4 is 22.8 Å². The van der Waals surface area contributed by atoms with Crippen molar-refractivity contribution in [3.63, 3.8) is 0 Å². The molecule has 5 rings (SSSR count). The highest BCUT2D eigenvalue weighted by molar-refractivity contribution is 6.33. The van der Waals surface area contributed by atoms with Gasteiger partial charge in [0.15, 0.2) is 5.65 Å². The van der Waals surface area contributed by atoms with Gasteiger partial charge in [0.05, 0.1) is 22.3 Å². The molecule has 2 aromatic carbocycles. The minimum absolute atomic E-state index is 0.226. The average Bonchev–Trinajstić information content (AvgIpc) is 3.33. The fourth-order valence-corrected chi connectivity index (χ4v) is 4.05. The lowest BCUT2D eigenvalue weighted by Gasteiger charge is -2.14. The highest BCUT2D eigenvalue weighted by Crippen LogP contribution is 2.32. The number of H-pyrrole nitrogens is 1. The van der Waals surface area contributed by atoms with E-state index in [0.717, 1.165) is 36.0 Å². The Kier molecular flexibility index (Phi) is 4.70. The third-order valence-corrected chi connectivity index (χ3v) is 5.64. The van der Waals surface area contributed by atoms with E-state index in [1.54, 1.807) is 0 Å². The van der Waals surface area contributed by atoms with Crippen molar-refractivity contribution in [1.82, 2.24) is 15.0 Å². The van der Waals surface area contributed by atoms with Crippen molar-refractivity contribution in [3.05, 3.63) is 65.7 Å². The van der Waals surface area contributed by atoms with Gasteiger partial charge in [-0.25, -0.2) is 4.98 Å². The molecule has 0 bridgehead atoms. The molecule has 4 aromatic rings. The van der Waals surface area contributed by atoms with Gasteiger partial charge in [0.2, 0.25) is 0 Å². The van der Waals surface area contributed by atoms with Gasteiger partial charge in [-0.1, -0.05) is 66.2 Å². The molecule has 1 saturated carbocycles. The predicted octanol–water partition coefficient (Wildman–Crippen LogP) is 5.24. The molecule has 2 heterocycles. The Balaban J connectivity index is 1.44. The molecule has 0 spiro atoms. The second-order valence-electron chi connectivity index (χ2n) is 7.33. The second kappa shape index (κ2) is 7.50. The molecular formula is C23H20ClN3O2. The summed E-state index contributed by atoms with van der Waals surface area (Å²) in [5.41, 5.74) is 5.15. The Hall–Kier alpha value is -2.89. The first-order valence-electron chi connectivity index (χ1n) is 9.74. The van der Waals surface area contributed by atoms with Crippen molar-refractivity contribution in [2.45, 2.75) is 31.5 Å². The van der Waals surface area contributed by atoms with Crippen LogP contribution in [-0.2, 0) is 0 Å². The van der Waals surface area contributed by atoms with Crippen LogP contribution in [0.25, 0.3) is 33.5 Å². The summed E-state index contributed by atoms with van der Waals surface area (Å²) in [4.78, 5) is 12.2. The van der Waals surface area contributed by atoms with Crippen molar-refractivity contribution in [2.75, 3.05) is 0 Å². The molecule has 0 amide bonds. The number of fused-ring (bicyclic) bond motifs is 1. The highest BCUT2D eigenvalue weighted by atomic mass is 35.5. The number of rotatable bonds is 4. The number of ether oxygens (including phenoxy) is 1. The molecule has 0 aliphatic heterocycles. The molecule has 0 saturated heterocycles. The van der Waals surface area contributed by atoms with E-state index in [-0.39, 0.29) is 6.10 Å². The number of nitrogens with zero attached hydrogens (tertiary/aromatic N) is 2. The van der Waals surface area contributed by atoms with Crippen LogP contribution in [0.4, 0.5) is 0 Å². The zero-order valence-corrected chi connectivity index (χ0v) is 16.4. The van der Waals surface area contributed by atoms with Crippen molar-refractivity contribution in [2.24, 2.45) is 0 Å². The topological polar surface area (TPSA) is 71.0 Å². The summed E-state index contributed by atoms with van der Waals surface area (Å²) >= 11 is 6.51. The van der Waals surface area contributed by atoms with Crippen molar-refractivity contribution in [1.29, 1.82) is 0 Å². The number of nitrogens with one attached hydrogen (secondary N) is 1. The Morgan fingerprint density at radius 2 is 1.66 bits per heavy atom. The first-order valence-corrected chi connectivity index (χ1v) is 10.1. The van der Waals surface area contributed by atoms with Crippen LogP contribution < -0.4 is 4.74 Å². The maximum atomic E-state index is 9.96. The smallest absolute Gasteiger partial charge is 0.296 e. The van der Waals surface area contributed by atoms with Gasteiger partial charge in [0.1, 0.15) is 6.10 Å². The molecule has 1 aliphatic rings. The number of aliphatic hydroxyl groups is 1. The molecule has 2 N–H and O–H groups in total. The van der Waals surface area contributed by atoms with Crippen LogP contribution >= 0.6 is 11.6 Å². The third-order valence-electron chi connectivity index (χ3n) is 5.35. The zero-order valence-electron chi connectivity index (χ0n) is 15.7. The minimum Gasteiger partial charge on any atom is -0.459 e. The molecule has 29 heavy (non-hydrogen) atoms. The number of halogens is 1. The molecule has 146 valence electrons. The first-order chi connectivity index (χ1) is 14.2. The monoisotopic (exact) mass is 405 g/mol. The maximum absolute atomic E-state index is 9.96. The van der Waals surface area contributed by atoms with Crippen molar-refractivity contribution < 1.29 is 9.84 Å². The molecule has 2 atom stereocenters. The summed E-state index contributed by atoms with van der Waals surface area (Å²) in [6.07, 6.45) is 1.87. The van der Waals surface area contributed by atoms with Gasteiger partial charge in [-0.05, 0) is 36.5 Å². The largest absolute Gasteiger partial charge is 0.459 e. The molecule has 5 nitrogen and oxygen atoms in total. The van der Waals surface area contributed by atoms with Crippen LogP contribution in [-0.4, -0.2) is 32.3 Å². The van der Waals surface area contributed by atoms with E-state index < -0.39 is 6.10 Å². The van der Waals surface area contributed by atoms with E-state index in [4.69, 9.17) is 16.3 Å². The number of aromatic amines is 1. The molecule has 1 fully saturated rings. The normalized spacial score (nSPS) is 19.0. The molecular weight excluding hydrogens is 386 g/mol. The SMILES string of the molecule is O[C@H]1CCC[C@@H]1Oc1nc2nc(-c3ccc(-c4ccccc4)cc3)c(Cl)cc2[nH]1. The van der Waals surface area contributed by atoms with Gasteiger partial charge >= 0.3 is 0 Å². The van der Waals surface area contributed by atoms with E-state index in [0.29, 0.717) is 27.9 Å². The summed E-state index contributed by atoms with van der Waals surface area (Å²) in [6.45, 7) is 0. The minimum atomic E-state index is -0.446.